The Bertz CT molecular complexity index is 733. The fourth-order valence-electron chi connectivity index (χ4n) is 2.73. The van der Waals surface area contributed by atoms with E-state index in [0.29, 0.717) is 11.2 Å². The summed E-state index contributed by atoms with van der Waals surface area (Å²) >= 11 is 4.94. The number of thiazole rings is 1. The molecule has 2 amide bonds. The van der Waals surface area contributed by atoms with E-state index >= 15 is 0 Å². The van der Waals surface area contributed by atoms with Gasteiger partial charge in [-0.1, -0.05) is 0 Å². The van der Waals surface area contributed by atoms with E-state index in [1.165, 1.54) is 23.4 Å². The lowest BCUT2D eigenvalue weighted by molar-refractivity contribution is -0.120. The van der Waals surface area contributed by atoms with Gasteiger partial charge < -0.3 is 15.1 Å². The van der Waals surface area contributed by atoms with Crippen molar-refractivity contribution in [2.75, 3.05) is 13.1 Å². The first-order chi connectivity index (χ1) is 12.1. The minimum atomic E-state index is -0.408. The van der Waals surface area contributed by atoms with E-state index in [2.05, 4.69) is 26.6 Å². The van der Waals surface area contributed by atoms with Crippen molar-refractivity contribution in [3.8, 4) is 0 Å². The normalized spacial score (nSPS) is 13.3. The molecule has 8 heteroatoms. The number of rotatable bonds is 7. The van der Waals surface area contributed by atoms with E-state index in [0.717, 1.165) is 30.7 Å². The molecule has 1 aliphatic carbocycles. The first kappa shape index (κ1) is 18.1. The smallest absolute Gasteiger partial charge is 0.287 e. The number of nitrogens with one attached hydrogen (secondary N) is 2. The zero-order valence-corrected chi connectivity index (χ0v) is 16.2. The number of nitrogens with zero attached hydrogens (tertiary/aromatic N) is 1. The van der Waals surface area contributed by atoms with Gasteiger partial charge in [-0.25, -0.2) is 4.98 Å². The molecule has 0 saturated heterocycles. The molecule has 2 N–H and O–H groups in total. The highest BCUT2D eigenvalue weighted by molar-refractivity contribution is 9.10. The van der Waals surface area contributed by atoms with Gasteiger partial charge in [0.2, 0.25) is 5.91 Å². The number of carbonyl (C=O) groups is 2. The Morgan fingerprint density at radius 2 is 2.08 bits per heavy atom. The Hall–Kier alpha value is -1.67. The topological polar surface area (TPSA) is 84.2 Å². The lowest BCUT2D eigenvalue weighted by Crippen LogP contribution is -2.37. The SMILES string of the molecule is O=C(CNC(=O)c1ccc(Br)o1)NCCCc1nc2c(s1)CCCC2. The maximum absolute atomic E-state index is 11.8. The van der Waals surface area contributed by atoms with Gasteiger partial charge in [0.1, 0.15) is 0 Å². The van der Waals surface area contributed by atoms with Gasteiger partial charge in [-0.2, -0.15) is 0 Å². The number of hydrogen-bond donors (Lipinski definition) is 2. The van der Waals surface area contributed by atoms with E-state index in [-0.39, 0.29) is 18.2 Å². The molecule has 0 spiro atoms. The molecule has 0 atom stereocenters. The van der Waals surface area contributed by atoms with E-state index < -0.39 is 5.91 Å². The van der Waals surface area contributed by atoms with Crippen molar-refractivity contribution in [2.24, 2.45) is 0 Å². The lowest BCUT2D eigenvalue weighted by Gasteiger charge is -2.06. The predicted molar refractivity (Wildman–Crippen MR) is 98.8 cm³/mol. The van der Waals surface area contributed by atoms with Crippen LogP contribution in [0.3, 0.4) is 0 Å². The highest BCUT2D eigenvalue weighted by Gasteiger charge is 2.15. The molecular weight excluding hydrogens is 406 g/mol. The molecule has 0 bridgehead atoms. The minimum Gasteiger partial charge on any atom is -0.444 e. The first-order valence-electron chi connectivity index (χ1n) is 8.39. The monoisotopic (exact) mass is 425 g/mol. The fraction of sp³-hybridized carbons (Fsp3) is 0.471. The van der Waals surface area contributed by atoms with Gasteiger partial charge in [-0.3, -0.25) is 9.59 Å². The number of fused-ring (bicyclic) bond motifs is 1. The molecule has 0 saturated carbocycles. The molecule has 2 aromatic heterocycles. The van der Waals surface area contributed by atoms with Gasteiger partial charge in [0.15, 0.2) is 10.4 Å². The second kappa shape index (κ2) is 8.62. The van der Waals surface area contributed by atoms with Crippen LogP contribution in [0.15, 0.2) is 21.2 Å². The van der Waals surface area contributed by atoms with E-state index in [4.69, 9.17) is 9.40 Å². The highest BCUT2D eigenvalue weighted by atomic mass is 79.9. The molecule has 0 aromatic carbocycles. The standard InChI is InChI=1S/C17H20BrN3O3S/c18-14-8-7-12(24-14)17(23)20-10-15(22)19-9-3-6-16-21-11-4-1-2-5-13(11)25-16/h7-8H,1-6,9-10H2,(H,19,22)(H,20,23). The molecule has 0 radical (unpaired) electrons. The number of hydrogen-bond acceptors (Lipinski definition) is 5. The van der Waals surface area contributed by atoms with Crippen LogP contribution in [0.2, 0.25) is 0 Å². The van der Waals surface area contributed by atoms with Crippen molar-refractivity contribution in [1.82, 2.24) is 15.6 Å². The van der Waals surface area contributed by atoms with Crippen LogP contribution in [0.4, 0.5) is 0 Å². The average Bonchev–Trinajstić information content (AvgIpc) is 3.22. The number of carbonyl (C=O) groups excluding carboxylic acids is 2. The molecular formula is C17H20BrN3O3S. The summed E-state index contributed by atoms with van der Waals surface area (Å²) in [7, 11) is 0. The molecule has 0 aliphatic heterocycles. The second-order valence-corrected chi connectivity index (χ2v) is 7.87. The van der Waals surface area contributed by atoms with Crippen LogP contribution in [-0.4, -0.2) is 29.9 Å². The van der Waals surface area contributed by atoms with Gasteiger partial charge in [-0.15, -0.1) is 11.3 Å². The van der Waals surface area contributed by atoms with Gasteiger partial charge in [0, 0.05) is 17.8 Å². The van der Waals surface area contributed by atoms with Crippen molar-refractivity contribution in [3.63, 3.8) is 0 Å². The molecule has 1 aliphatic rings. The quantitative estimate of drug-likeness (QED) is 0.667. The summed E-state index contributed by atoms with van der Waals surface area (Å²) in [6.45, 7) is 0.508. The highest BCUT2D eigenvalue weighted by Crippen LogP contribution is 2.27. The molecule has 0 unspecified atom stereocenters. The molecule has 134 valence electrons. The third kappa shape index (κ3) is 5.15. The zero-order chi connectivity index (χ0) is 17.6. The van der Waals surface area contributed by atoms with E-state index in [1.807, 2.05) is 11.3 Å². The van der Waals surface area contributed by atoms with Crippen molar-refractivity contribution in [3.05, 3.63) is 38.1 Å². The Balaban J connectivity index is 1.32. The number of amides is 2. The van der Waals surface area contributed by atoms with Crippen LogP contribution in [0.1, 0.15) is 45.4 Å². The number of halogens is 1. The molecule has 25 heavy (non-hydrogen) atoms. The average molecular weight is 426 g/mol. The fourth-order valence-corrected chi connectivity index (χ4v) is 4.23. The van der Waals surface area contributed by atoms with Crippen molar-refractivity contribution in [2.45, 2.75) is 38.5 Å². The van der Waals surface area contributed by atoms with Crippen LogP contribution >= 0.6 is 27.3 Å². The summed E-state index contributed by atoms with van der Waals surface area (Å²) in [6, 6.07) is 3.18. The van der Waals surface area contributed by atoms with E-state index in [9.17, 15) is 9.59 Å². The Labute approximate surface area is 158 Å². The van der Waals surface area contributed by atoms with Crippen LogP contribution in [0, 0.1) is 0 Å². The van der Waals surface area contributed by atoms with E-state index in [1.54, 1.807) is 12.1 Å². The summed E-state index contributed by atoms with van der Waals surface area (Å²) in [5.41, 5.74) is 1.28. The Kier molecular flexibility index (Phi) is 6.25. The zero-order valence-electron chi connectivity index (χ0n) is 13.8. The third-order valence-electron chi connectivity index (χ3n) is 3.99. The summed E-state index contributed by atoms with van der Waals surface area (Å²) in [4.78, 5) is 29.7. The number of aromatic nitrogens is 1. The predicted octanol–water partition coefficient (Wildman–Crippen LogP) is 2.86. The van der Waals surface area contributed by atoms with Crippen LogP contribution in [-0.2, 0) is 24.1 Å². The number of furan rings is 1. The van der Waals surface area contributed by atoms with Crippen LogP contribution in [0.5, 0.6) is 0 Å². The summed E-state index contributed by atoms with van der Waals surface area (Å²) in [5, 5.41) is 6.50. The van der Waals surface area contributed by atoms with Crippen molar-refractivity contribution >= 4 is 39.1 Å². The number of aryl methyl sites for hydroxylation is 3. The largest absolute Gasteiger partial charge is 0.444 e. The Morgan fingerprint density at radius 1 is 1.24 bits per heavy atom. The van der Waals surface area contributed by atoms with Crippen LogP contribution in [0.25, 0.3) is 0 Å². The second-order valence-electron chi connectivity index (χ2n) is 5.92. The van der Waals surface area contributed by atoms with Gasteiger partial charge in [0.25, 0.3) is 5.91 Å². The summed E-state index contributed by atoms with van der Waals surface area (Å²) in [6.07, 6.45) is 6.50. The summed E-state index contributed by atoms with van der Waals surface area (Å²) in [5.74, 6) is -0.445. The molecule has 2 aromatic rings. The molecule has 2 heterocycles. The first-order valence-corrected chi connectivity index (χ1v) is 10.0. The van der Waals surface area contributed by atoms with Gasteiger partial charge in [0.05, 0.1) is 17.2 Å². The molecule has 3 rings (SSSR count). The third-order valence-corrected chi connectivity index (χ3v) is 5.63. The lowest BCUT2D eigenvalue weighted by atomic mass is 10.0. The van der Waals surface area contributed by atoms with Crippen molar-refractivity contribution < 1.29 is 14.0 Å². The molecule has 6 nitrogen and oxygen atoms in total. The van der Waals surface area contributed by atoms with Crippen molar-refractivity contribution in [1.29, 1.82) is 0 Å². The molecule has 0 fully saturated rings. The van der Waals surface area contributed by atoms with Gasteiger partial charge >= 0.3 is 0 Å². The Morgan fingerprint density at radius 3 is 2.84 bits per heavy atom. The minimum absolute atomic E-state index is 0.0668. The summed E-state index contributed by atoms with van der Waals surface area (Å²) < 4.78 is 5.60. The van der Waals surface area contributed by atoms with Gasteiger partial charge in [-0.05, 0) is 60.2 Å². The maximum Gasteiger partial charge on any atom is 0.287 e. The maximum atomic E-state index is 11.8. The van der Waals surface area contributed by atoms with Crippen LogP contribution < -0.4 is 10.6 Å².